The van der Waals surface area contributed by atoms with Crippen molar-refractivity contribution in [1.29, 1.82) is 0 Å². The second kappa shape index (κ2) is 10.8. The number of anilines is 1. The third kappa shape index (κ3) is 6.64. The first-order valence-corrected chi connectivity index (χ1v) is 10.6. The molecular weight excluding hydrogens is 383 g/mol. The molecule has 0 aromatic heterocycles. The van der Waals surface area contributed by atoms with Crippen molar-refractivity contribution in [3.63, 3.8) is 0 Å². The number of nitrogens with zero attached hydrogens (tertiary/aromatic N) is 1. The molecule has 1 fully saturated rings. The summed E-state index contributed by atoms with van der Waals surface area (Å²) in [7, 11) is 0. The highest BCUT2D eigenvalue weighted by Crippen LogP contribution is 2.08. The summed E-state index contributed by atoms with van der Waals surface area (Å²) >= 11 is 0. The maximum Gasteiger partial charge on any atom is 0.279 e. The zero-order valence-corrected chi connectivity index (χ0v) is 17.5. The molecule has 160 valence electrons. The Kier molecular flexibility index (Phi) is 7.93. The molecule has 3 rings (SSSR count). The molecule has 0 bridgehead atoms. The Balaban J connectivity index is 1.41. The van der Waals surface area contributed by atoms with E-state index in [0.29, 0.717) is 31.9 Å². The van der Waals surface area contributed by atoms with Gasteiger partial charge in [0.2, 0.25) is 0 Å². The molecule has 3 N–H and O–H groups in total. The van der Waals surface area contributed by atoms with Crippen molar-refractivity contribution < 1.29 is 23.8 Å². The Labute approximate surface area is 177 Å². The molecule has 2 aromatic carbocycles. The van der Waals surface area contributed by atoms with Gasteiger partial charge in [0.05, 0.1) is 0 Å². The number of piperazine rings is 1. The van der Waals surface area contributed by atoms with E-state index in [1.807, 2.05) is 42.2 Å². The highest BCUT2D eigenvalue weighted by atomic mass is 19.1. The molecule has 0 saturated carbocycles. The summed E-state index contributed by atoms with van der Waals surface area (Å²) < 4.78 is 13.2. The van der Waals surface area contributed by atoms with E-state index < -0.39 is 0 Å². The summed E-state index contributed by atoms with van der Waals surface area (Å²) in [5.41, 5.74) is 1.62. The third-order valence-corrected chi connectivity index (χ3v) is 5.54. The number of halogens is 1. The van der Waals surface area contributed by atoms with Crippen molar-refractivity contribution in [3.05, 3.63) is 66.0 Å². The summed E-state index contributed by atoms with van der Waals surface area (Å²) in [6.45, 7) is 7.58. The van der Waals surface area contributed by atoms with Crippen molar-refractivity contribution in [1.82, 2.24) is 4.90 Å². The van der Waals surface area contributed by atoms with E-state index >= 15 is 0 Å². The van der Waals surface area contributed by atoms with Crippen LogP contribution < -0.4 is 15.1 Å². The maximum atomic E-state index is 13.2. The van der Waals surface area contributed by atoms with Crippen LogP contribution in [0.5, 0.6) is 0 Å². The van der Waals surface area contributed by atoms with Crippen molar-refractivity contribution >= 4 is 17.5 Å². The zero-order chi connectivity index (χ0) is 21.3. The first-order valence-electron chi connectivity index (χ1n) is 10.6. The molecule has 7 heteroatoms. The van der Waals surface area contributed by atoms with Crippen LogP contribution in [0.25, 0.3) is 0 Å². The molecule has 0 atom stereocenters. The second-order valence-corrected chi connectivity index (χ2v) is 7.81. The van der Waals surface area contributed by atoms with Gasteiger partial charge >= 0.3 is 0 Å². The zero-order valence-electron chi connectivity index (χ0n) is 17.5. The molecule has 0 aliphatic carbocycles. The molecule has 1 saturated heterocycles. The quantitative estimate of drug-likeness (QED) is 0.551. The Hall–Kier alpha value is -2.77. The normalized spacial score (nSPS) is 18.6. The van der Waals surface area contributed by atoms with E-state index in [-0.39, 0.29) is 17.6 Å². The lowest BCUT2D eigenvalue weighted by Crippen LogP contribution is -3.28. The van der Waals surface area contributed by atoms with Crippen LogP contribution >= 0.6 is 0 Å². The fourth-order valence-corrected chi connectivity index (χ4v) is 3.81. The van der Waals surface area contributed by atoms with Crippen LogP contribution in [0.4, 0.5) is 10.1 Å². The van der Waals surface area contributed by atoms with E-state index in [4.69, 9.17) is 0 Å². The van der Waals surface area contributed by atoms with Crippen LogP contribution in [0.1, 0.15) is 12.5 Å². The Bertz CT molecular complexity index is 838. The number of amides is 2. The average molecular weight is 415 g/mol. The minimum Gasteiger partial charge on any atom is -0.334 e. The van der Waals surface area contributed by atoms with Crippen LogP contribution in [0.15, 0.2) is 54.6 Å². The standard InChI is InChI=1S/C23H29FN4O2/c1-2-28(16-19-7-4-3-5-8-19)23(30)18-27-13-11-26(12-14-27)17-22(29)25-21-10-6-9-20(24)15-21/h3-10,15H,2,11-14,16-18H2,1H3,(H,25,29)/p+2. The van der Waals surface area contributed by atoms with Gasteiger partial charge in [0.1, 0.15) is 32.0 Å². The van der Waals surface area contributed by atoms with Crippen LogP contribution in [0.3, 0.4) is 0 Å². The van der Waals surface area contributed by atoms with Crippen molar-refractivity contribution in [2.45, 2.75) is 13.5 Å². The topological polar surface area (TPSA) is 58.3 Å². The lowest BCUT2D eigenvalue weighted by Gasteiger charge is -2.30. The molecule has 2 aromatic rings. The molecule has 0 spiro atoms. The van der Waals surface area contributed by atoms with Gasteiger partial charge in [-0.3, -0.25) is 9.59 Å². The van der Waals surface area contributed by atoms with Gasteiger partial charge in [-0.25, -0.2) is 4.39 Å². The minimum absolute atomic E-state index is 0.116. The van der Waals surface area contributed by atoms with Gasteiger partial charge in [0.25, 0.3) is 11.8 Å². The van der Waals surface area contributed by atoms with E-state index in [9.17, 15) is 14.0 Å². The SMILES string of the molecule is CCN(Cc1ccccc1)C(=O)C[NH+]1CC[NH+](CC(=O)Nc2cccc(F)c2)CC1. The molecule has 1 aliphatic heterocycles. The first kappa shape index (κ1) is 21.9. The summed E-state index contributed by atoms with van der Waals surface area (Å²) in [5.74, 6) is -0.311. The number of hydrogen-bond donors (Lipinski definition) is 3. The van der Waals surface area contributed by atoms with Crippen molar-refractivity contribution in [2.24, 2.45) is 0 Å². The van der Waals surface area contributed by atoms with Crippen LogP contribution in [-0.4, -0.2) is 62.5 Å². The lowest BCUT2D eigenvalue weighted by atomic mass is 10.2. The van der Waals surface area contributed by atoms with Gasteiger partial charge in [-0.15, -0.1) is 0 Å². The number of carbonyl (C=O) groups excluding carboxylic acids is 2. The molecular formula is C23H31FN4O2+2. The van der Waals surface area contributed by atoms with E-state index in [0.717, 1.165) is 31.7 Å². The number of hydrogen-bond acceptors (Lipinski definition) is 2. The molecule has 0 unspecified atom stereocenters. The summed E-state index contributed by atoms with van der Waals surface area (Å²) in [5, 5.41) is 2.75. The molecule has 1 heterocycles. The summed E-state index contributed by atoms with van der Waals surface area (Å²) in [4.78, 5) is 29.3. The number of nitrogens with one attached hydrogen (secondary N) is 3. The van der Waals surface area contributed by atoms with Crippen molar-refractivity contribution in [3.8, 4) is 0 Å². The molecule has 0 radical (unpaired) electrons. The third-order valence-electron chi connectivity index (χ3n) is 5.54. The van der Waals surface area contributed by atoms with Crippen LogP contribution in [-0.2, 0) is 16.1 Å². The molecule has 30 heavy (non-hydrogen) atoms. The smallest absolute Gasteiger partial charge is 0.279 e. The van der Waals surface area contributed by atoms with Gasteiger partial charge in [-0.1, -0.05) is 36.4 Å². The first-order chi connectivity index (χ1) is 14.5. The number of carbonyl (C=O) groups is 2. The van der Waals surface area contributed by atoms with Crippen LogP contribution in [0.2, 0.25) is 0 Å². The van der Waals surface area contributed by atoms with Gasteiger partial charge in [0.15, 0.2) is 13.1 Å². The Morgan fingerprint density at radius 2 is 1.63 bits per heavy atom. The Morgan fingerprint density at radius 3 is 2.27 bits per heavy atom. The van der Waals surface area contributed by atoms with Gasteiger partial charge in [-0.2, -0.15) is 0 Å². The molecule has 1 aliphatic rings. The second-order valence-electron chi connectivity index (χ2n) is 7.81. The lowest BCUT2D eigenvalue weighted by molar-refractivity contribution is -1.00. The average Bonchev–Trinajstić information content (AvgIpc) is 2.74. The van der Waals surface area contributed by atoms with E-state index in [1.165, 1.54) is 21.9 Å². The largest absolute Gasteiger partial charge is 0.334 e. The predicted molar refractivity (Wildman–Crippen MR) is 114 cm³/mol. The fraction of sp³-hybridized carbons (Fsp3) is 0.391. The number of rotatable bonds is 8. The number of likely N-dealkylation sites (N-methyl/N-ethyl adjacent to an activating group) is 1. The van der Waals surface area contributed by atoms with Gasteiger partial charge in [-0.05, 0) is 30.7 Å². The Morgan fingerprint density at radius 1 is 0.967 bits per heavy atom. The summed E-state index contributed by atoms with van der Waals surface area (Å²) in [6, 6.07) is 16.0. The number of quaternary nitrogens is 2. The van der Waals surface area contributed by atoms with Crippen LogP contribution in [0, 0.1) is 5.82 Å². The van der Waals surface area contributed by atoms with E-state index in [1.54, 1.807) is 12.1 Å². The van der Waals surface area contributed by atoms with E-state index in [2.05, 4.69) is 5.32 Å². The molecule has 6 nitrogen and oxygen atoms in total. The highest BCUT2D eigenvalue weighted by molar-refractivity contribution is 5.91. The number of benzene rings is 2. The summed E-state index contributed by atoms with van der Waals surface area (Å²) in [6.07, 6.45) is 0. The predicted octanol–water partition coefficient (Wildman–Crippen LogP) is -0.404. The molecule has 2 amide bonds. The monoisotopic (exact) mass is 414 g/mol. The highest BCUT2D eigenvalue weighted by Gasteiger charge is 2.27. The maximum absolute atomic E-state index is 13.2. The minimum atomic E-state index is -0.365. The fourth-order valence-electron chi connectivity index (χ4n) is 3.81. The van der Waals surface area contributed by atoms with Gasteiger partial charge in [0, 0.05) is 18.8 Å². The van der Waals surface area contributed by atoms with Crippen molar-refractivity contribution in [2.75, 3.05) is 51.1 Å². The van der Waals surface area contributed by atoms with Gasteiger partial charge < -0.3 is 20.0 Å².